The fourth-order valence-electron chi connectivity index (χ4n) is 2.57. The summed E-state index contributed by atoms with van der Waals surface area (Å²) in [5, 5.41) is 5.77. The molecule has 2 N–H and O–H groups in total. The molecule has 0 aliphatic heterocycles. The van der Waals surface area contributed by atoms with Crippen LogP contribution in [0.1, 0.15) is 0 Å². The van der Waals surface area contributed by atoms with E-state index >= 15 is 0 Å². The molecule has 0 aliphatic carbocycles. The molecule has 0 saturated carbocycles. The number of anilines is 2. The minimum absolute atomic E-state index is 0.0437. The number of benzene rings is 3. The minimum atomic E-state index is -3.47. The molecule has 0 saturated heterocycles. The van der Waals surface area contributed by atoms with Crippen LogP contribution in [0.4, 0.5) is 11.4 Å². The maximum atomic E-state index is 12.2. The highest BCUT2D eigenvalue weighted by Gasteiger charge is 2.16. The SMILES string of the molecule is CN(C)S(=O)(=O)c1ccc(NCC(=O)Nc2ccc(Oc3ccccc3)cc2)cc1. The van der Waals surface area contributed by atoms with Gasteiger partial charge in [-0.1, -0.05) is 18.2 Å². The Bertz CT molecular complexity index is 1080. The Morgan fingerprint density at radius 2 is 1.40 bits per heavy atom. The lowest BCUT2D eigenvalue weighted by atomic mass is 10.3. The zero-order valence-electron chi connectivity index (χ0n) is 16.7. The average Bonchev–Trinajstić information content (AvgIpc) is 2.74. The van der Waals surface area contributed by atoms with Gasteiger partial charge in [0.1, 0.15) is 11.5 Å². The summed E-state index contributed by atoms with van der Waals surface area (Å²) < 4.78 is 31.0. The zero-order valence-corrected chi connectivity index (χ0v) is 17.5. The number of carbonyl (C=O) groups excluding carboxylic acids is 1. The van der Waals surface area contributed by atoms with Gasteiger partial charge in [-0.05, 0) is 60.7 Å². The van der Waals surface area contributed by atoms with Crippen LogP contribution >= 0.6 is 0 Å². The van der Waals surface area contributed by atoms with Gasteiger partial charge >= 0.3 is 0 Å². The second-order valence-electron chi connectivity index (χ2n) is 6.65. The molecule has 3 aromatic carbocycles. The van der Waals surface area contributed by atoms with Gasteiger partial charge in [0.15, 0.2) is 0 Å². The van der Waals surface area contributed by atoms with Gasteiger partial charge in [0, 0.05) is 25.5 Å². The van der Waals surface area contributed by atoms with Gasteiger partial charge in [0.2, 0.25) is 15.9 Å². The Kier molecular flexibility index (Phi) is 6.71. The molecule has 30 heavy (non-hydrogen) atoms. The standard InChI is InChI=1S/C22H23N3O4S/c1-25(2)30(27,28)21-14-10-17(11-15-21)23-16-22(26)24-18-8-12-20(13-9-18)29-19-6-4-3-5-7-19/h3-15,23H,16H2,1-2H3,(H,24,26). The van der Waals surface area contributed by atoms with Gasteiger partial charge in [-0.25, -0.2) is 12.7 Å². The van der Waals surface area contributed by atoms with Crippen LogP contribution in [0, 0.1) is 0 Å². The van der Waals surface area contributed by atoms with E-state index in [-0.39, 0.29) is 17.3 Å². The van der Waals surface area contributed by atoms with Crippen LogP contribution in [0.15, 0.2) is 83.8 Å². The van der Waals surface area contributed by atoms with Crippen molar-refractivity contribution in [3.8, 4) is 11.5 Å². The molecule has 0 heterocycles. The highest BCUT2D eigenvalue weighted by molar-refractivity contribution is 7.89. The second-order valence-corrected chi connectivity index (χ2v) is 8.80. The summed E-state index contributed by atoms with van der Waals surface area (Å²) in [6.45, 7) is 0.0437. The third-order valence-electron chi connectivity index (χ3n) is 4.20. The molecule has 0 atom stereocenters. The van der Waals surface area contributed by atoms with E-state index in [0.717, 1.165) is 10.1 Å². The number of amides is 1. The Morgan fingerprint density at radius 3 is 2.00 bits per heavy atom. The predicted octanol–water partition coefficient (Wildman–Crippen LogP) is 3.78. The molecular weight excluding hydrogens is 402 g/mol. The van der Waals surface area contributed by atoms with Crippen molar-refractivity contribution >= 4 is 27.3 Å². The molecule has 1 amide bonds. The molecule has 156 valence electrons. The number of hydrogen-bond acceptors (Lipinski definition) is 5. The topological polar surface area (TPSA) is 87.7 Å². The summed E-state index contributed by atoms with van der Waals surface area (Å²) in [5.41, 5.74) is 1.30. The number of para-hydroxylation sites is 1. The van der Waals surface area contributed by atoms with Gasteiger partial charge in [-0.2, -0.15) is 0 Å². The van der Waals surface area contributed by atoms with E-state index in [2.05, 4.69) is 10.6 Å². The zero-order chi connectivity index (χ0) is 21.6. The summed E-state index contributed by atoms with van der Waals surface area (Å²) in [6, 6.07) is 22.8. The summed E-state index contributed by atoms with van der Waals surface area (Å²) in [7, 11) is -0.517. The van der Waals surface area contributed by atoms with E-state index in [1.807, 2.05) is 30.3 Å². The lowest BCUT2D eigenvalue weighted by Crippen LogP contribution is -2.23. The molecule has 0 fully saturated rings. The Labute approximate surface area is 176 Å². The fourth-order valence-corrected chi connectivity index (χ4v) is 3.48. The van der Waals surface area contributed by atoms with Crippen LogP contribution in [0.5, 0.6) is 11.5 Å². The maximum Gasteiger partial charge on any atom is 0.243 e. The van der Waals surface area contributed by atoms with E-state index in [9.17, 15) is 13.2 Å². The quantitative estimate of drug-likeness (QED) is 0.574. The van der Waals surface area contributed by atoms with Crippen molar-refractivity contribution in [2.75, 3.05) is 31.3 Å². The Hall–Kier alpha value is -3.36. The van der Waals surface area contributed by atoms with Crippen LogP contribution in [0.25, 0.3) is 0 Å². The number of ether oxygens (including phenoxy) is 1. The van der Waals surface area contributed by atoms with Crippen LogP contribution in [-0.2, 0) is 14.8 Å². The molecule has 3 rings (SSSR count). The van der Waals surface area contributed by atoms with Crippen LogP contribution < -0.4 is 15.4 Å². The molecule has 0 unspecified atom stereocenters. The lowest BCUT2D eigenvalue weighted by Gasteiger charge is -2.12. The van der Waals surface area contributed by atoms with Gasteiger partial charge in [-0.3, -0.25) is 4.79 Å². The molecule has 8 heteroatoms. The number of rotatable bonds is 8. The van der Waals surface area contributed by atoms with Crippen molar-refractivity contribution in [3.05, 3.63) is 78.9 Å². The third kappa shape index (κ3) is 5.59. The van der Waals surface area contributed by atoms with Crippen LogP contribution in [0.2, 0.25) is 0 Å². The average molecular weight is 426 g/mol. The summed E-state index contributed by atoms with van der Waals surface area (Å²) in [5.74, 6) is 1.18. The first-order valence-electron chi connectivity index (χ1n) is 9.24. The first-order valence-corrected chi connectivity index (χ1v) is 10.7. The van der Waals surface area contributed by atoms with Gasteiger partial charge in [-0.15, -0.1) is 0 Å². The molecule has 0 aliphatic rings. The second kappa shape index (κ2) is 9.43. The molecular formula is C22H23N3O4S. The first kappa shape index (κ1) is 21.4. The maximum absolute atomic E-state index is 12.2. The summed E-state index contributed by atoms with van der Waals surface area (Å²) in [6.07, 6.45) is 0. The normalized spacial score (nSPS) is 11.2. The lowest BCUT2D eigenvalue weighted by molar-refractivity contribution is -0.114. The Morgan fingerprint density at radius 1 is 0.833 bits per heavy atom. The molecule has 0 bridgehead atoms. The number of hydrogen-bond donors (Lipinski definition) is 2. The fraction of sp³-hybridized carbons (Fsp3) is 0.136. The minimum Gasteiger partial charge on any atom is -0.457 e. The van der Waals surface area contributed by atoms with E-state index in [1.165, 1.54) is 26.2 Å². The van der Waals surface area contributed by atoms with E-state index in [4.69, 9.17) is 4.74 Å². The van der Waals surface area contributed by atoms with Gasteiger partial charge in [0.25, 0.3) is 0 Å². The van der Waals surface area contributed by atoms with Gasteiger partial charge in [0.05, 0.1) is 11.4 Å². The van der Waals surface area contributed by atoms with E-state index in [0.29, 0.717) is 17.1 Å². The summed E-state index contributed by atoms with van der Waals surface area (Å²) >= 11 is 0. The monoisotopic (exact) mass is 425 g/mol. The Balaban J connectivity index is 1.51. The van der Waals surface area contributed by atoms with Crippen molar-refractivity contribution < 1.29 is 17.9 Å². The number of sulfonamides is 1. The van der Waals surface area contributed by atoms with Crippen LogP contribution in [-0.4, -0.2) is 39.3 Å². The largest absolute Gasteiger partial charge is 0.457 e. The smallest absolute Gasteiger partial charge is 0.243 e. The molecule has 3 aromatic rings. The highest BCUT2D eigenvalue weighted by Crippen LogP contribution is 2.22. The third-order valence-corrected chi connectivity index (χ3v) is 6.03. The number of nitrogens with one attached hydrogen (secondary N) is 2. The van der Waals surface area contributed by atoms with Crippen molar-refractivity contribution in [1.29, 1.82) is 0 Å². The van der Waals surface area contributed by atoms with Crippen molar-refractivity contribution in [2.24, 2.45) is 0 Å². The predicted molar refractivity (Wildman–Crippen MR) is 117 cm³/mol. The molecule has 0 radical (unpaired) electrons. The van der Waals surface area contributed by atoms with Crippen molar-refractivity contribution in [3.63, 3.8) is 0 Å². The van der Waals surface area contributed by atoms with Crippen LogP contribution in [0.3, 0.4) is 0 Å². The van der Waals surface area contributed by atoms with Gasteiger partial charge < -0.3 is 15.4 Å². The molecule has 0 spiro atoms. The van der Waals surface area contributed by atoms with Crippen molar-refractivity contribution in [2.45, 2.75) is 4.90 Å². The van der Waals surface area contributed by atoms with E-state index < -0.39 is 10.0 Å². The number of nitrogens with zero attached hydrogens (tertiary/aromatic N) is 1. The number of carbonyl (C=O) groups is 1. The summed E-state index contributed by atoms with van der Waals surface area (Å²) in [4.78, 5) is 12.4. The highest BCUT2D eigenvalue weighted by atomic mass is 32.2. The molecule has 0 aromatic heterocycles. The first-order chi connectivity index (χ1) is 14.3. The van der Waals surface area contributed by atoms with E-state index in [1.54, 1.807) is 36.4 Å². The van der Waals surface area contributed by atoms with Crippen molar-refractivity contribution in [1.82, 2.24) is 4.31 Å². The molecule has 7 nitrogen and oxygen atoms in total.